The van der Waals surface area contributed by atoms with Crippen LogP contribution in [0.25, 0.3) is 11.1 Å². The van der Waals surface area contributed by atoms with E-state index in [1.807, 2.05) is 0 Å². The van der Waals surface area contributed by atoms with E-state index in [1.165, 1.54) is 38.5 Å². The van der Waals surface area contributed by atoms with E-state index in [9.17, 15) is 0 Å². The first-order valence-electron chi connectivity index (χ1n) is 10.7. The van der Waals surface area contributed by atoms with Crippen molar-refractivity contribution in [3.8, 4) is 0 Å². The quantitative estimate of drug-likeness (QED) is 0.514. The van der Waals surface area contributed by atoms with E-state index in [1.54, 1.807) is 33.4 Å². The van der Waals surface area contributed by atoms with Crippen molar-refractivity contribution in [1.29, 1.82) is 0 Å². The first-order valence-corrected chi connectivity index (χ1v) is 13.5. The average Bonchev–Trinajstić information content (AvgIpc) is 3.24. The standard InChI is InChI=1S/2C13H15.2ClH.Zr/c2*1-2-3-6-11-9-10-12-7-4-5-8-13(11)12;;;/h2*4-5,7-10H,2-3,6H2,1H3;2*1H;/q;;;;+2/p-2. The van der Waals surface area contributed by atoms with Crippen molar-refractivity contribution in [1.82, 2.24) is 0 Å². The number of hydrogen-bond donors (Lipinski definition) is 0. The first-order chi connectivity index (χ1) is 13.3. The third-order valence-corrected chi connectivity index (χ3v) is 10.1. The van der Waals surface area contributed by atoms with Gasteiger partial charge in [-0.1, -0.05) is 0 Å². The van der Waals surface area contributed by atoms with E-state index in [0.29, 0.717) is 0 Å². The van der Waals surface area contributed by atoms with Gasteiger partial charge in [0.15, 0.2) is 0 Å². The van der Waals surface area contributed by atoms with Crippen LogP contribution in [0.15, 0.2) is 60.7 Å². The molecule has 2 unspecified atom stereocenters. The monoisotopic (exact) mass is 502 g/mol. The molecular weight excluding hydrogens is 474 g/mol. The van der Waals surface area contributed by atoms with E-state index in [0.717, 1.165) is 7.25 Å². The second-order valence-corrected chi connectivity index (χ2v) is 11.8. The summed E-state index contributed by atoms with van der Waals surface area (Å²) >= 11 is -0.657. The van der Waals surface area contributed by atoms with E-state index >= 15 is 0 Å². The van der Waals surface area contributed by atoms with Gasteiger partial charge in [-0.15, -0.1) is 0 Å². The molecule has 0 fully saturated rings. The molecule has 2 aromatic carbocycles. The fraction of sp³-hybridized carbons (Fsp3) is 0.385. The number of unbranched alkanes of at least 4 members (excludes halogenated alkanes) is 2. The predicted molar refractivity (Wildman–Crippen MR) is 113 cm³/mol. The van der Waals surface area contributed by atoms with Crippen molar-refractivity contribution in [3.05, 3.63) is 82.9 Å². The van der Waals surface area contributed by atoms with Gasteiger partial charge in [0.2, 0.25) is 0 Å². The number of rotatable bonds is 8. The number of allylic oxidation sites excluding steroid dienone is 4. The summed E-state index contributed by atoms with van der Waals surface area (Å²) in [5, 5.41) is 0. The summed E-state index contributed by atoms with van der Waals surface area (Å²) in [4.78, 5) is 0. The van der Waals surface area contributed by atoms with Crippen molar-refractivity contribution in [3.63, 3.8) is 0 Å². The molecule has 152 valence electrons. The van der Waals surface area contributed by atoms with Crippen LogP contribution in [0.2, 0.25) is 0 Å². The second kappa shape index (κ2) is 11.7. The fourth-order valence-corrected chi connectivity index (χ4v) is 9.06. The van der Waals surface area contributed by atoms with E-state index in [2.05, 4.69) is 74.5 Å². The van der Waals surface area contributed by atoms with Gasteiger partial charge in [0.05, 0.1) is 0 Å². The van der Waals surface area contributed by atoms with Crippen LogP contribution in [0.1, 0.15) is 81.9 Å². The Bertz CT molecular complexity index is 797. The molecule has 0 N–H and O–H groups in total. The Hall–Kier alpha value is -0.617. The van der Waals surface area contributed by atoms with Gasteiger partial charge in [-0.05, 0) is 0 Å². The van der Waals surface area contributed by atoms with Gasteiger partial charge in [0.25, 0.3) is 0 Å². The number of benzene rings is 2. The molecule has 0 bridgehead atoms. The Labute approximate surface area is 200 Å². The van der Waals surface area contributed by atoms with Crippen molar-refractivity contribution in [2.24, 2.45) is 0 Å². The zero-order valence-corrected chi connectivity index (χ0v) is 21.4. The maximum absolute atomic E-state index is 2.66. The summed E-state index contributed by atoms with van der Waals surface area (Å²) in [5.74, 6) is 0. The minimum atomic E-state index is -0.657. The van der Waals surface area contributed by atoms with Crippen LogP contribution in [0.3, 0.4) is 0 Å². The summed E-state index contributed by atoms with van der Waals surface area (Å²) in [6.07, 6.45) is 13.0. The molecular formula is C26H30Cl2Zr. The molecule has 2 aromatic rings. The molecule has 0 heterocycles. The Morgan fingerprint density at radius 3 is 1.48 bits per heavy atom. The average molecular weight is 505 g/mol. The second-order valence-electron chi connectivity index (χ2n) is 7.89. The van der Waals surface area contributed by atoms with Gasteiger partial charge in [-0.25, -0.2) is 0 Å². The van der Waals surface area contributed by atoms with Crippen LogP contribution in [-0.4, -0.2) is 0 Å². The van der Waals surface area contributed by atoms with E-state index < -0.39 is 23.2 Å². The van der Waals surface area contributed by atoms with Crippen LogP contribution in [0.4, 0.5) is 0 Å². The van der Waals surface area contributed by atoms with E-state index in [-0.39, 0.29) is 24.8 Å². The molecule has 29 heavy (non-hydrogen) atoms. The minimum absolute atomic E-state index is 0. The molecule has 0 aromatic heterocycles. The summed E-state index contributed by atoms with van der Waals surface area (Å²) in [6, 6.07) is 18.5. The molecule has 4 rings (SSSR count). The van der Waals surface area contributed by atoms with Crippen molar-refractivity contribution in [2.75, 3.05) is 0 Å². The molecule has 0 radical (unpaired) electrons. The molecule has 2 aliphatic carbocycles. The third kappa shape index (κ3) is 5.36. The summed E-state index contributed by atoms with van der Waals surface area (Å²) in [7, 11) is 0. The van der Waals surface area contributed by atoms with Crippen molar-refractivity contribution in [2.45, 2.75) is 59.6 Å². The number of hydrogen-bond acceptors (Lipinski definition) is 0. The first kappa shape index (κ1) is 24.7. The van der Waals surface area contributed by atoms with Gasteiger partial charge >= 0.3 is 177 Å². The number of halogens is 2. The smallest absolute Gasteiger partial charge is 1.00 e. The molecule has 0 spiro atoms. The molecule has 0 saturated carbocycles. The summed E-state index contributed by atoms with van der Waals surface area (Å²) < 4.78 is 1.47. The van der Waals surface area contributed by atoms with Crippen molar-refractivity contribution >= 4 is 11.1 Å². The zero-order chi connectivity index (χ0) is 18.6. The maximum atomic E-state index is 2.66. The van der Waals surface area contributed by atoms with E-state index in [4.69, 9.17) is 0 Å². The molecule has 0 amide bonds. The predicted octanol–water partition coefficient (Wildman–Crippen LogP) is 1.73. The largest absolute Gasteiger partial charge is 1.00 e. The molecule has 2 atom stereocenters. The minimum Gasteiger partial charge on any atom is -1.00 e. The molecule has 0 nitrogen and oxygen atoms in total. The zero-order valence-electron chi connectivity index (χ0n) is 17.4. The van der Waals surface area contributed by atoms with Gasteiger partial charge < -0.3 is 24.8 Å². The van der Waals surface area contributed by atoms with Crippen molar-refractivity contribution < 1.29 is 48.0 Å². The van der Waals surface area contributed by atoms with Gasteiger partial charge in [-0.2, -0.15) is 0 Å². The van der Waals surface area contributed by atoms with Gasteiger partial charge in [-0.3, -0.25) is 0 Å². The van der Waals surface area contributed by atoms with Crippen LogP contribution in [0, 0.1) is 0 Å². The third-order valence-electron chi connectivity index (χ3n) is 5.98. The Morgan fingerprint density at radius 1 is 0.655 bits per heavy atom. The fourth-order valence-electron chi connectivity index (χ4n) is 4.52. The normalized spacial score (nSPS) is 18.6. The van der Waals surface area contributed by atoms with Crippen LogP contribution in [-0.2, 0) is 23.2 Å². The van der Waals surface area contributed by atoms with Crippen LogP contribution < -0.4 is 24.8 Å². The van der Waals surface area contributed by atoms with Crippen LogP contribution >= 0.6 is 0 Å². The Morgan fingerprint density at radius 2 is 1.07 bits per heavy atom. The topological polar surface area (TPSA) is 0 Å². The molecule has 2 aliphatic rings. The van der Waals surface area contributed by atoms with Gasteiger partial charge in [0, 0.05) is 0 Å². The Balaban J connectivity index is 0.00000150. The maximum Gasteiger partial charge on any atom is -1.00 e. The summed E-state index contributed by atoms with van der Waals surface area (Å²) in [6.45, 7) is 4.60. The SMILES string of the molecule is CCCCC1=C[CH]([Zr+2][CH]2C=C(CCCC)c3ccccc32)c2ccccc21.[Cl-].[Cl-]. The molecule has 3 heteroatoms. The molecule has 0 saturated heterocycles. The number of fused-ring (bicyclic) bond motifs is 2. The molecule has 0 aliphatic heterocycles. The Kier molecular flexibility index (Phi) is 9.93. The van der Waals surface area contributed by atoms with Gasteiger partial charge in [0.1, 0.15) is 0 Å². The van der Waals surface area contributed by atoms with Crippen LogP contribution in [0.5, 0.6) is 0 Å². The summed E-state index contributed by atoms with van der Waals surface area (Å²) in [5.41, 5.74) is 9.61.